The highest BCUT2D eigenvalue weighted by atomic mass is 79.9. The van der Waals surface area contributed by atoms with Crippen LogP contribution in [0.25, 0.3) is 0 Å². The Morgan fingerprint density at radius 3 is 2.45 bits per heavy atom. The molecule has 0 amide bonds. The van der Waals surface area contributed by atoms with Gasteiger partial charge in [-0.1, -0.05) is 29.8 Å². The summed E-state index contributed by atoms with van der Waals surface area (Å²) < 4.78 is 54.5. The van der Waals surface area contributed by atoms with Crippen molar-refractivity contribution in [3.63, 3.8) is 0 Å². The van der Waals surface area contributed by atoms with Gasteiger partial charge in [0.15, 0.2) is 5.17 Å². The Hall–Kier alpha value is -1.88. The van der Waals surface area contributed by atoms with Crippen LogP contribution in [-0.2, 0) is 20.0 Å². The number of thiophene rings is 1. The monoisotopic (exact) mass is 573 g/mol. The maximum absolute atomic E-state index is 13.5. The molecule has 0 atom stereocenters. The number of para-hydroxylation sites is 1. The van der Waals surface area contributed by atoms with Crippen molar-refractivity contribution >= 4 is 81.5 Å². The second kappa shape index (κ2) is 8.23. The first-order valence-electron chi connectivity index (χ1n) is 8.26. The molecule has 2 aromatic carbocycles. The topological polar surface area (TPSA) is 108 Å². The lowest BCUT2D eigenvalue weighted by Gasteiger charge is -2.29. The largest absolute Gasteiger partial charge is 0.288 e. The quantitative estimate of drug-likeness (QED) is 0.425. The van der Waals surface area contributed by atoms with Crippen molar-refractivity contribution in [3.8, 4) is 6.07 Å². The number of hydrogen-bond donors (Lipinski definition) is 0. The fourth-order valence-corrected chi connectivity index (χ4v) is 10.6. The molecule has 158 valence electrons. The fourth-order valence-electron chi connectivity index (χ4n) is 2.66. The third-order valence-corrected chi connectivity index (χ3v) is 11.9. The van der Waals surface area contributed by atoms with Gasteiger partial charge in [-0.25, -0.2) is 4.99 Å². The third-order valence-electron chi connectivity index (χ3n) is 4.01. The van der Waals surface area contributed by atoms with E-state index in [-0.39, 0.29) is 29.8 Å². The summed E-state index contributed by atoms with van der Waals surface area (Å²) in [7, 11) is -9.15. The molecule has 2 heterocycles. The van der Waals surface area contributed by atoms with Crippen molar-refractivity contribution in [2.75, 3.05) is 0 Å². The molecule has 4 rings (SSSR count). The zero-order valence-corrected chi connectivity index (χ0v) is 20.7. The van der Waals surface area contributed by atoms with Gasteiger partial charge >= 0.3 is 0 Å². The predicted octanol–water partition coefficient (Wildman–Crippen LogP) is 5.21. The van der Waals surface area contributed by atoms with Crippen LogP contribution in [0.3, 0.4) is 0 Å². The number of benzene rings is 2. The minimum atomic E-state index is -4.62. The number of hydrogen-bond acceptors (Lipinski definition) is 8. The number of thioether (sulfide) groups is 1. The molecule has 7 nitrogen and oxygen atoms in total. The van der Waals surface area contributed by atoms with Crippen molar-refractivity contribution in [1.82, 2.24) is 3.71 Å². The van der Waals surface area contributed by atoms with E-state index < -0.39 is 20.0 Å². The van der Waals surface area contributed by atoms with E-state index in [0.717, 1.165) is 29.2 Å². The highest BCUT2D eigenvalue weighted by molar-refractivity contribution is 9.11. The summed E-state index contributed by atoms with van der Waals surface area (Å²) in [4.78, 5) is 4.15. The summed E-state index contributed by atoms with van der Waals surface area (Å²) in [6.45, 7) is 0. The van der Waals surface area contributed by atoms with Gasteiger partial charge in [0.25, 0.3) is 20.0 Å². The molecule has 0 saturated heterocycles. The molecule has 0 spiro atoms. The fraction of sp³-hybridized carbons (Fsp3) is 0. The van der Waals surface area contributed by atoms with E-state index >= 15 is 0 Å². The summed E-state index contributed by atoms with van der Waals surface area (Å²) in [5.41, 5.74) is 0.292. The molecular weight excluding hydrogens is 566 g/mol. The SMILES string of the molecule is N#Cc1cc2c(cc1Cl)SC(=Nc1ccccc1)N(S(=O)(=O)c1ccc(Br)s1)S2(=O)=O. The van der Waals surface area contributed by atoms with Crippen molar-refractivity contribution in [3.05, 3.63) is 69.0 Å². The van der Waals surface area contributed by atoms with E-state index in [1.807, 2.05) is 6.07 Å². The summed E-state index contributed by atoms with van der Waals surface area (Å²) in [5, 5.41) is 9.03. The Morgan fingerprint density at radius 1 is 1.13 bits per heavy atom. The van der Waals surface area contributed by atoms with E-state index in [1.165, 1.54) is 18.2 Å². The molecule has 0 aliphatic carbocycles. The van der Waals surface area contributed by atoms with Gasteiger partial charge in [-0.2, -0.15) is 22.1 Å². The first-order chi connectivity index (χ1) is 14.6. The lowest BCUT2D eigenvalue weighted by molar-refractivity contribution is 0.546. The van der Waals surface area contributed by atoms with Gasteiger partial charge in [-0.15, -0.1) is 15.0 Å². The molecule has 1 aromatic heterocycles. The lowest BCUT2D eigenvalue weighted by atomic mass is 10.2. The number of sulfonamides is 2. The molecule has 13 heteroatoms. The standard InChI is InChI=1S/C18H9BrClN3O4S4/c19-16-6-7-17(29-16)31(26,27)23-18(22-12-4-2-1-3-5-12)28-14-9-13(20)11(10-21)8-15(14)30(23,24)25/h1-9H. The van der Waals surface area contributed by atoms with Crippen LogP contribution < -0.4 is 0 Å². The first kappa shape index (κ1) is 22.3. The van der Waals surface area contributed by atoms with Crippen LogP contribution in [0, 0.1) is 11.3 Å². The molecule has 0 bridgehead atoms. The van der Waals surface area contributed by atoms with Gasteiger partial charge in [-0.05, 0) is 64.1 Å². The number of nitrogens with zero attached hydrogens (tertiary/aromatic N) is 3. The zero-order valence-electron chi connectivity index (χ0n) is 15.1. The van der Waals surface area contributed by atoms with Crippen molar-refractivity contribution in [1.29, 1.82) is 5.26 Å². The molecule has 1 aliphatic heterocycles. The zero-order chi connectivity index (χ0) is 22.4. The normalized spacial score (nSPS) is 16.7. The first-order valence-corrected chi connectivity index (χ1v) is 13.9. The minimum Gasteiger partial charge on any atom is -0.223 e. The van der Waals surface area contributed by atoms with E-state index in [2.05, 4.69) is 20.9 Å². The molecular formula is C18H9BrClN3O4S4. The van der Waals surface area contributed by atoms with E-state index in [9.17, 15) is 22.1 Å². The van der Waals surface area contributed by atoms with Crippen molar-refractivity contribution in [2.24, 2.45) is 4.99 Å². The third kappa shape index (κ3) is 4.02. The van der Waals surface area contributed by atoms with Crippen LogP contribution in [0.4, 0.5) is 5.69 Å². The Labute approximate surface area is 200 Å². The number of aliphatic imine (C=N–C) groups is 1. The van der Waals surface area contributed by atoms with Gasteiger partial charge in [0.2, 0.25) is 0 Å². The van der Waals surface area contributed by atoms with Crippen molar-refractivity contribution < 1.29 is 16.8 Å². The van der Waals surface area contributed by atoms with Crippen molar-refractivity contribution in [2.45, 2.75) is 14.0 Å². The lowest BCUT2D eigenvalue weighted by Crippen LogP contribution is -2.42. The van der Waals surface area contributed by atoms with Crippen LogP contribution in [0.2, 0.25) is 5.02 Å². The highest BCUT2D eigenvalue weighted by Crippen LogP contribution is 2.44. The molecule has 0 N–H and O–H groups in total. The van der Waals surface area contributed by atoms with Gasteiger partial charge in [0.05, 0.1) is 20.1 Å². The second-order valence-corrected chi connectivity index (χ2v) is 13.9. The van der Waals surface area contributed by atoms with Crippen LogP contribution in [0.15, 0.2) is 77.4 Å². The van der Waals surface area contributed by atoms with E-state index in [0.29, 0.717) is 13.2 Å². The Bertz CT molecular complexity index is 1480. The molecule has 0 fully saturated rings. The number of fused-ring (bicyclic) bond motifs is 1. The highest BCUT2D eigenvalue weighted by Gasteiger charge is 2.45. The number of halogens is 2. The number of rotatable bonds is 3. The number of nitriles is 1. The van der Waals surface area contributed by atoms with E-state index in [1.54, 1.807) is 30.3 Å². The van der Waals surface area contributed by atoms with Gasteiger partial charge in [-0.3, -0.25) is 0 Å². The summed E-state index contributed by atoms with van der Waals surface area (Å²) in [6, 6.07) is 15.4. The van der Waals surface area contributed by atoms with Crippen LogP contribution >= 0.6 is 50.6 Å². The number of amidine groups is 1. The maximum Gasteiger partial charge on any atom is 0.288 e. The van der Waals surface area contributed by atoms with Crippen LogP contribution in [-0.4, -0.2) is 25.7 Å². The maximum atomic E-state index is 13.5. The summed E-state index contributed by atoms with van der Waals surface area (Å²) in [6.07, 6.45) is 0. The Morgan fingerprint density at radius 2 is 1.84 bits per heavy atom. The molecule has 0 unspecified atom stereocenters. The summed E-state index contributed by atoms with van der Waals surface area (Å²) in [5.74, 6) is 0. The molecule has 31 heavy (non-hydrogen) atoms. The summed E-state index contributed by atoms with van der Waals surface area (Å²) >= 11 is 11.0. The van der Waals surface area contributed by atoms with Crippen LogP contribution in [0.1, 0.15) is 5.56 Å². The van der Waals surface area contributed by atoms with E-state index in [4.69, 9.17) is 11.6 Å². The average molecular weight is 575 g/mol. The predicted molar refractivity (Wildman–Crippen MR) is 124 cm³/mol. The van der Waals surface area contributed by atoms with Gasteiger partial charge in [0, 0.05) is 4.90 Å². The van der Waals surface area contributed by atoms with Gasteiger partial charge < -0.3 is 0 Å². The second-order valence-electron chi connectivity index (χ2n) is 5.99. The van der Waals surface area contributed by atoms with Crippen LogP contribution in [0.5, 0.6) is 0 Å². The smallest absolute Gasteiger partial charge is 0.223 e. The van der Waals surface area contributed by atoms with Gasteiger partial charge in [0.1, 0.15) is 15.2 Å². The molecule has 3 aromatic rings. The molecule has 1 aliphatic rings. The Balaban J connectivity index is 2.01. The molecule has 0 radical (unpaired) electrons. The average Bonchev–Trinajstić information content (AvgIpc) is 3.15. The minimum absolute atomic E-state index is 0.0569. The Kier molecular flexibility index (Phi) is 5.93. The molecule has 0 saturated carbocycles.